The van der Waals surface area contributed by atoms with Crippen molar-refractivity contribution in [3.8, 4) is 6.07 Å². The van der Waals surface area contributed by atoms with Crippen LogP contribution in [0.25, 0.3) is 5.76 Å². The van der Waals surface area contributed by atoms with E-state index >= 15 is 0 Å². The molecule has 1 aromatic carbocycles. The van der Waals surface area contributed by atoms with Crippen LogP contribution >= 0.6 is 0 Å². The van der Waals surface area contributed by atoms with E-state index in [0.29, 0.717) is 11.3 Å². The zero-order valence-electron chi connectivity index (χ0n) is 12.0. The molecule has 0 bridgehead atoms. The quantitative estimate of drug-likeness (QED) is 0.406. The summed E-state index contributed by atoms with van der Waals surface area (Å²) in [6, 6.07) is 12.6. The molecule has 0 aliphatic carbocycles. The lowest BCUT2D eigenvalue weighted by Gasteiger charge is -2.20. The molecule has 0 saturated carbocycles. The van der Waals surface area contributed by atoms with Crippen LogP contribution < -0.4 is 0 Å². The Kier molecular flexibility index (Phi) is 3.69. The molecule has 23 heavy (non-hydrogen) atoms. The molecule has 1 aromatic heterocycles. The largest absolute Gasteiger partial charge is 0.507 e. The zero-order chi connectivity index (χ0) is 16.4. The van der Waals surface area contributed by atoms with Crippen molar-refractivity contribution in [2.24, 2.45) is 0 Å². The van der Waals surface area contributed by atoms with Crippen LogP contribution in [-0.2, 0) is 9.59 Å². The summed E-state index contributed by atoms with van der Waals surface area (Å²) in [4.78, 5) is 25.6. The molecule has 6 heteroatoms. The Morgan fingerprint density at radius 2 is 1.96 bits per heavy atom. The molecule has 1 aliphatic rings. The SMILES string of the molecule is N#CCN1C(=O)C(=O)C(=C(O)c2ccccc2)C1c1ccco1. The molecule has 1 N–H and O–H groups in total. The van der Waals surface area contributed by atoms with Gasteiger partial charge >= 0.3 is 0 Å². The van der Waals surface area contributed by atoms with E-state index in [9.17, 15) is 14.7 Å². The molecular weight excluding hydrogens is 296 g/mol. The number of aliphatic hydroxyl groups is 1. The minimum Gasteiger partial charge on any atom is -0.507 e. The second-order valence-electron chi connectivity index (χ2n) is 4.97. The predicted octanol–water partition coefficient (Wildman–Crippen LogP) is 2.22. The second-order valence-corrected chi connectivity index (χ2v) is 4.97. The first kappa shape index (κ1) is 14.6. The number of hydrogen-bond donors (Lipinski definition) is 1. The minimum atomic E-state index is -0.912. The summed E-state index contributed by atoms with van der Waals surface area (Å²) in [6.45, 7) is -0.276. The average Bonchev–Trinajstić information content (AvgIpc) is 3.18. The molecule has 6 nitrogen and oxygen atoms in total. The van der Waals surface area contributed by atoms with Crippen LogP contribution in [0.15, 0.2) is 58.7 Å². The molecule has 1 atom stereocenters. The van der Waals surface area contributed by atoms with Crippen molar-refractivity contribution in [1.29, 1.82) is 5.26 Å². The number of amides is 1. The number of carbonyl (C=O) groups excluding carboxylic acids is 2. The fraction of sp³-hybridized carbons (Fsp3) is 0.118. The van der Waals surface area contributed by atoms with Crippen molar-refractivity contribution >= 4 is 17.4 Å². The summed E-state index contributed by atoms with van der Waals surface area (Å²) in [5, 5.41) is 19.4. The van der Waals surface area contributed by atoms with Gasteiger partial charge in [0.25, 0.3) is 11.7 Å². The van der Waals surface area contributed by atoms with E-state index < -0.39 is 17.7 Å². The van der Waals surface area contributed by atoms with Crippen molar-refractivity contribution in [2.45, 2.75) is 6.04 Å². The Morgan fingerprint density at radius 3 is 2.57 bits per heavy atom. The molecule has 3 rings (SSSR count). The first-order valence-corrected chi connectivity index (χ1v) is 6.89. The molecule has 2 heterocycles. The van der Waals surface area contributed by atoms with Gasteiger partial charge < -0.3 is 14.4 Å². The molecule has 1 saturated heterocycles. The van der Waals surface area contributed by atoms with Crippen LogP contribution in [0.5, 0.6) is 0 Å². The third-order valence-electron chi connectivity index (χ3n) is 3.64. The molecule has 1 fully saturated rings. The van der Waals surface area contributed by atoms with E-state index in [-0.39, 0.29) is 17.9 Å². The van der Waals surface area contributed by atoms with Crippen LogP contribution in [0.2, 0.25) is 0 Å². The monoisotopic (exact) mass is 308 g/mol. The van der Waals surface area contributed by atoms with Gasteiger partial charge in [-0.3, -0.25) is 9.59 Å². The third-order valence-corrected chi connectivity index (χ3v) is 3.64. The van der Waals surface area contributed by atoms with Gasteiger partial charge in [-0.05, 0) is 12.1 Å². The lowest BCUT2D eigenvalue weighted by atomic mass is 9.99. The summed E-state index contributed by atoms with van der Waals surface area (Å²) in [5.74, 6) is -1.63. The fourth-order valence-corrected chi connectivity index (χ4v) is 2.61. The highest BCUT2D eigenvalue weighted by molar-refractivity contribution is 6.46. The highest BCUT2D eigenvalue weighted by Crippen LogP contribution is 2.39. The highest BCUT2D eigenvalue weighted by Gasteiger charge is 2.47. The van der Waals surface area contributed by atoms with Crippen molar-refractivity contribution < 1.29 is 19.1 Å². The molecule has 1 unspecified atom stereocenters. The minimum absolute atomic E-state index is 0.0774. The van der Waals surface area contributed by atoms with Gasteiger partial charge in [0.1, 0.15) is 24.1 Å². The Bertz CT molecular complexity index is 816. The standard InChI is InChI=1S/C17H12N2O4/c18-8-9-19-14(12-7-4-10-23-12)13(16(21)17(19)22)15(20)11-5-2-1-3-6-11/h1-7,10,14,20H,9H2. The van der Waals surface area contributed by atoms with Gasteiger partial charge in [0.05, 0.1) is 17.9 Å². The molecule has 1 aliphatic heterocycles. The lowest BCUT2D eigenvalue weighted by molar-refractivity contribution is -0.139. The Balaban J connectivity index is 2.19. The molecule has 2 aromatic rings. The smallest absolute Gasteiger partial charge is 0.296 e. The topological polar surface area (TPSA) is 94.5 Å². The van der Waals surface area contributed by atoms with Gasteiger partial charge in [-0.1, -0.05) is 30.3 Å². The Labute approximate surface area is 131 Å². The van der Waals surface area contributed by atoms with E-state index in [1.165, 1.54) is 6.26 Å². The first-order valence-electron chi connectivity index (χ1n) is 6.89. The molecule has 114 valence electrons. The van der Waals surface area contributed by atoms with Gasteiger partial charge in [-0.2, -0.15) is 5.26 Å². The predicted molar refractivity (Wildman–Crippen MR) is 79.8 cm³/mol. The normalized spacial score (nSPS) is 19.8. The number of nitrogens with zero attached hydrogens (tertiary/aromatic N) is 2. The number of benzene rings is 1. The van der Waals surface area contributed by atoms with Crippen molar-refractivity contribution in [3.05, 3.63) is 65.6 Å². The fourth-order valence-electron chi connectivity index (χ4n) is 2.61. The highest BCUT2D eigenvalue weighted by atomic mass is 16.3. The number of rotatable bonds is 3. The van der Waals surface area contributed by atoms with Gasteiger partial charge in [-0.15, -0.1) is 0 Å². The average molecular weight is 308 g/mol. The molecule has 0 radical (unpaired) electrons. The zero-order valence-corrected chi connectivity index (χ0v) is 12.0. The first-order chi connectivity index (χ1) is 11.1. The van der Waals surface area contributed by atoms with E-state index in [1.807, 2.05) is 6.07 Å². The van der Waals surface area contributed by atoms with Crippen LogP contribution in [0.4, 0.5) is 0 Å². The van der Waals surface area contributed by atoms with E-state index in [0.717, 1.165) is 4.90 Å². The number of hydrogen-bond acceptors (Lipinski definition) is 5. The van der Waals surface area contributed by atoms with Crippen LogP contribution in [-0.4, -0.2) is 28.2 Å². The van der Waals surface area contributed by atoms with E-state index in [1.54, 1.807) is 42.5 Å². The van der Waals surface area contributed by atoms with Crippen molar-refractivity contribution in [3.63, 3.8) is 0 Å². The van der Waals surface area contributed by atoms with Gasteiger partial charge in [0, 0.05) is 5.56 Å². The van der Waals surface area contributed by atoms with Crippen LogP contribution in [0.1, 0.15) is 17.4 Å². The number of likely N-dealkylation sites (tertiary alicyclic amines) is 1. The summed E-state index contributed by atoms with van der Waals surface area (Å²) < 4.78 is 5.31. The maximum atomic E-state index is 12.4. The summed E-state index contributed by atoms with van der Waals surface area (Å²) in [7, 11) is 0. The lowest BCUT2D eigenvalue weighted by Crippen LogP contribution is -2.29. The maximum Gasteiger partial charge on any atom is 0.296 e. The Morgan fingerprint density at radius 1 is 1.22 bits per heavy atom. The van der Waals surface area contributed by atoms with Crippen LogP contribution in [0, 0.1) is 11.3 Å². The second kappa shape index (κ2) is 5.81. The van der Waals surface area contributed by atoms with Crippen molar-refractivity contribution in [2.75, 3.05) is 6.54 Å². The maximum absolute atomic E-state index is 12.4. The molecular formula is C17H12N2O4. The van der Waals surface area contributed by atoms with Crippen molar-refractivity contribution in [1.82, 2.24) is 4.90 Å². The summed E-state index contributed by atoms with van der Waals surface area (Å²) >= 11 is 0. The third kappa shape index (κ3) is 2.38. The number of nitriles is 1. The number of furan rings is 1. The molecule has 1 amide bonds. The number of aliphatic hydroxyl groups excluding tert-OH is 1. The van der Waals surface area contributed by atoms with E-state index in [4.69, 9.17) is 9.68 Å². The van der Waals surface area contributed by atoms with Gasteiger partial charge in [0.2, 0.25) is 0 Å². The number of carbonyl (C=O) groups is 2. The Hall–Kier alpha value is -3.33. The van der Waals surface area contributed by atoms with Gasteiger partial charge in [-0.25, -0.2) is 0 Å². The number of Topliss-reactive ketones (excluding diaryl/α,β-unsaturated/α-hetero) is 1. The van der Waals surface area contributed by atoms with E-state index in [2.05, 4.69) is 0 Å². The summed E-state index contributed by atoms with van der Waals surface area (Å²) in [5.41, 5.74) is 0.338. The number of ketones is 1. The molecule has 0 spiro atoms. The van der Waals surface area contributed by atoms with Gasteiger partial charge in [0.15, 0.2) is 0 Å². The van der Waals surface area contributed by atoms with Crippen LogP contribution in [0.3, 0.4) is 0 Å². The summed E-state index contributed by atoms with van der Waals surface area (Å²) in [6.07, 6.45) is 1.41.